The Bertz CT molecular complexity index is 1540. The normalized spacial score (nSPS) is 36.0. The largest absolute Gasteiger partial charge is 0.748 e. The van der Waals surface area contributed by atoms with E-state index in [4.69, 9.17) is 14.2 Å². The van der Waals surface area contributed by atoms with E-state index in [0.717, 1.165) is 6.92 Å². The molecule has 250 valence electrons. The monoisotopic (exact) mass is 732 g/mol. The fourth-order valence-electron chi connectivity index (χ4n) is 4.70. The van der Waals surface area contributed by atoms with E-state index in [2.05, 4.69) is 4.74 Å². The van der Waals surface area contributed by atoms with Crippen LogP contribution in [0.1, 0.15) is 13.3 Å². The van der Waals surface area contributed by atoms with Gasteiger partial charge < -0.3 is 46.3 Å². The maximum atomic E-state index is 12.0. The van der Waals surface area contributed by atoms with Gasteiger partial charge in [0, 0.05) is 7.11 Å². The lowest BCUT2D eigenvalue weighted by atomic mass is 10.0. The molecule has 10 unspecified atom stereocenters. The average molecular weight is 733 g/mol. The first-order chi connectivity index (χ1) is 18.6. The second-order valence-corrected chi connectivity index (χ2v) is 18.0. The Morgan fingerprint density at radius 1 is 0.500 bits per heavy atom. The topological polar surface area (TPSA) is 380 Å². The minimum absolute atomic E-state index is 0.574. The molecule has 0 aromatic heterocycles. The minimum Gasteiger partial charge on any atom is -0.748 e. The van der Waals surface area contributed by atoms with E-state index < -0.39 is 130 Å². The summed E-state index contributed by atoms with van der Waals surface area (Å²) in [5.41, 5.74) is 0. The summed E-state index contributed by atoms with van der Waals surface area (Å²) in [7, 11) is -36.2. The highest BCUT2D eigenvalue weighted by molar-refractivity contribution is 7.93. The number of hydrogen-bond donors (Lipinski definition) is 0. The molecule has 2 fully saturated rings. The molecular formula is C14H20O22S6-6. The molecule has 0 bridgehead atoms. The minimum atomic E-state index is -6.23. The zero-order valence-electron chi connectivity index (χ0n) is 20.6. The second-order valence-electron chi connectivity index (χ2n) is 8.81. The molecule has 0 aromatic carbocycles. The first kappa shape index (κ1) is 37.5. The summed E-state index contributed by atoms with van der Waals surface area (Å²) in [6, 6.07) is 0. The van der Waals surface area contributed by atoms with Crippen LogP contribution in [0, 0.1) is 0 Å². The highest BCUT2D eigenvalue weighted by atomic mass is 32.3. The van der Waals surface area contributed by atoms with Crippen LogP contribution in [-0.2, 0) is 79.7 Å². The van der Waals surface area contributed by atoms with E-state index in [9.17, 15) is 77.8 Å². The van der Waals surface area contributed by atoms with Gasteiger partial charge in [-0.15, -0.1) is 0 Å². The molecule has 2 saturated heterocycles. The fraction of sp³-hybridized carbons (Fsp3) is 1.00. The van der Waals surface area contributed by atoms with E-state index in [-0.39, 0.29) is 0 Å². The zero-order valence-corrected chi connectivity index (χ0v) is 25.5. The van der Waals surface area contributed by atoms with Crippen molar-refractivity contribution in [3.63, 3.8) is 0 Å². The molecule has 0 amide bonds. The van der Waals surface area contributed by atoms with E-state index in [1.807, 2.05) is 0 Å². The van der Waals surface area contributed by atoms with Gasteiger partial charge >= 0.3 is 0 Å². The van der Waals surface area contributed by atoms with Gasteiger partial charge in [0.05, 0.1) is 33.7 Å². The summed E-state index contributed by atoms with van der Waals surface area (Å²) in [5, 5.41) is -19.7. The lowest BCUT2D eigenvalue weighted by Gasteiger charge is -2.50. The molecule has 0 radical (unpaired) electrons. The third kappa shape index (κ3) is 8.11. The van der Waals surface area contributed by atoms with Crippen LogP contribution in [0.15, 0.2) is 0 Å². The van der Waals surface area contributed by atoms with Crippen LogP contribution in [0.25, 0.3) is 0 Å². The average Bonchev–Trinajstić information content (AvgIpc) is 2.76. The molecule has 0 saturated carbocycles. The predicted molar refractivity (Wildman–Crippen MR) is 121 cm³/mol. The quantitative estimate of drug-likeness (QED) is 0.178. The van der Waals surface area contributed by atoms with Crippen LogP contribution >= 0.6 is 0 Å². The highest BCUT2D eigenvalue weighted by Gasteiger charge is 2.57. The van der Waals surface area contributed by atoms with Crippen LogP contribution in [0.2, 0.25) is 0 Å². The number of hydrogen-bond acceptors (Lipinski definition) is 22. The Morgan fingerprint density at radius 3 is 1.12 bits per heavy atom. The molecule has 2 aliphatic rings. The summed E-state index contributed by atoms with van der Waals surface area (Å²) < 4.78 is 233. The molecule has 2 aliphatic heterocycles. The molecule has 0 aromatic rings. The van der Waals surface area contributed by atoms with Crippen LogP contribution in [0.3, 0.4) is 0 Å². The second kappa shape index (κ2) is 12.2. The van der Waals surface area contributed by atoms with Crippen LogP contribution in [0.4, 0.5) is 0 Å². The van der Waals surface area contributed by atoms with Crippen LogP contribution in [-0.4, -0.2) is 148 Å². The molecule has 28 heteroatoms. The van der Waals surface area contributed by atoms with E-state index in [1.54, 1.807) is 0 Å². The van der Waals surface area contributed by atoms with Crippen molar-refractivity contribution >= 4 is 60.7 Å². The summed E-state index contributed by atoms with van der Waals surface area (Å²) >= 11 is 0. The van der Waals surface area contributed by atoms with E-state index in [1.165, 1.54) is 0 Å². The molecule has 22 nitrogen and oxygen atoms in total. The molecule has 0 aliphatic carbocycles. The highest BCUT2D eigenvalue weighted by Crippen LogP contribution is 2.37. The predicted octanol–water partition coefficient (Wildman–Crippen LogP) is -6.01. The molecular weight excluding hydrogens is 713 g/mol. The molecule has 10 atom stereocenters. The van der Waals surface area contributed by atoms with E-state index >= 15 is 0 Å². The van der Waals surface area contributed by atoms with Gasteiger partial charge in [0.15, 0.2) is 12.6 Å². The van der Waals surface area contributed by atoms with Crippen LogP contribution < -0.4 is 0 Å². The Labute approximate surface area is 240 Å². The number of ether oxygens (including phenoxy) is 4. The first-order valence-electron chi connectivity index (χ1n) is 10.7. The number of methoxy groups -OCH3 is 1. The Kier molecular flexibility index (Phi) is 10.9. The fourth-order valence-corrected chi connectivity index (χ4v) is 14.1. The van der Waals surface area contributed by atoms with Crippen molar-refractivity contribution in [3.05, 3.63) is 0 Å². The van der Waals surface area contributed by atoms with Gasteiger partial charge in [-0.1, -0.05) is 6.92 Å². The standard InChI is InChI=1S/C14H26O22S6/c1-3-5-7(37(15,16)17)9(39(21,22)23)12(42(30,31)32)14(35-5)34-4-6-8(38(18,19)20)10(40(24,25)26)11(41(27,28)29)13(33-2)36-6/h5-14H,3-4H2,1-2H3,(H,15,16,17)(H,18,19,20)(H,21,22,23)(H,24,25,26)(H,27,28,29)(H,30,31,32)/p-6. The third-order valence-electron chi connectivity index (χ3n) is 6.24. The maximum Gasteiger partial charge on any atom is 0.174 e. The molecule has 0 N–H and O–H groups in total. The van der Waals surface area contributed by atoms with Crippen molar-refractivity contribution in [1.29, 1.82) is 0 Å². The van der Waals surface area contributed by atoms with Crippen molar-refractivity contribution in [1.82, 2.24) is 0 Å². The summed E-state index contributed by atoms with van der Waals surface area (Å²) in [4.78, 5) is 0. The summed E-state index contributed by atoms with van der Waals surface area (Å²) in [5.74, 6) is 0. The Balaban J connectivity index is 2.70. The smallest absolute Gasteiger partial charge is 0.174 e. The lowest BCUT2D eigenvalue weighted by molar-refractivity contribution is -0.230. The van der Waals surface area contributed by atoms with Gasteiger partial charge in [0.1, 0.15) is 77.3 Å². The van der Waals surface area contributed by atoms with Crippen molar-refractivity contribution in [3.8, 4) is 0 Å². The summed E-state index contributed by atoms with van der Waals surface area (Å²) in [6.07, 6.45) is -11.0. The van der Waals surface area contributed by atoms with Crippen molar-refractivity contribution in [2.24, 2.45) is 0 Å². The van der Waals surface area contributed by atoms with Gasteiger partial charge in [-0.05, 0) is 6.42 Å². The number of rotatable bonds is 11. The first-order valence-corrected chi connectivity index (χ1v) is 19.5. The van der Waals surface area contributed by atoms with E-state index in [0.29, 0.717) is 7.11 Å². The summed E-state index contributed by atoms with van der Waals surface area (Å²) in [6.45, 7) is -0.654. The maximum absolute atomic E-state index is 12.0. The van der Waals surface area contributed by atoms with Crippen molar-refractivity contribution in [2.45, 2.75) is 69.6 Å². The van der Waals surface area contributed by atoms with Gasteiger partial charge in [-0.3, -0.25) is 0 Å². The third-order valence-corrected chi connectivity index (χ3v) is 14.3. The Morgan fingerprint density at radius 2 is 0.810 bits per heavy atom. The zero-order chi connectivity index (χ0) is 33.0. The van der Waals surface area contributed by atoms with Gasteiger partial charge in [-0.2, -0.15) is 0 Å². The molecule has 0 spiro atoms. The Hall–Kier alpha value is -0.700. The van der Waals surface area contributed by atoms with Gasteiger partial charge in [0.25, 0.3) is 0 Å². The molecule has 2 heterocycles. The molecule has 42 heavy (non-hydrogen) atoms. The van der Waals surface area contributed by atoms with Crippen LogP contribution in [0.5, 0.6) is 0 Å². The molecule has 2 rings (SSSR count). The van der Waals surface area contributed by atoms with Crippen molar-refractivity contribution < 1.29 is 96.8 Å². The van der Waals surface area contributed by atoms with Crippen molar-refractivity contribution in [2.75, 3.05) is 13.7 Å². The van der Waals surface area contributed by atoms with Gasteiger partial charge in [0.2, 0.25) is 0 Å². The SMILES string of the molecule is CCC1OC(OCC2OC(OC)C(S(=O)(=O)[O-])C(S(=O)(=O)[O-])C2S(=O)(=O)[O-])C(S(=O)(=O)[O-])C(S(=O)(=O)[O-])C1S(=O)(=O)[O-]. The lowest BCUT2D eigenvalue weighted by Crippen LogP contribution is -2.67. The van der Waals surface area contributed by atoms with Gasteiger partial charge in [-0.25, -0.2) is 50.5 Å².